The van der Waals surface area contributed by atoms with Gasteiger partial charge in [0.1, 0.15) is 5.82 Å². The number of rotatable bonds is 4. The molecule has 0 saturated heterocycles. The first-order chi connectivity index (χ1) is 13.2. The van der Waals surface area contributed by atoms with Crippen molar-refractivity contribution in [3.8, 4) is 11.3 Å². The summed E-state index contributed by atoms with van der Waals surface area (Å²) in [5.74, 6) is -0.189. The van der Waals surface area contributed by atoms with E-state index in [1.54, 1.807) is 0 Å². The van der Waals surface area contributed by atoms with E-state index in [-0.39, 0.29) is 5.82 Å². The van der Waals surface area contributed by atoms with Crippen molar-refractivity contribution in [1.29, 1.82) is 0 Å². The fourth-order valence-corrected chi connectivity index (χ4v) is 3.52. The Morgan fingerprint density at radius 3 is 2.41 bits per heavy atom. The number of pyridine rings is 1. The third-order valence-electron chi connectivity index (χ3n) is 4.88. The molecule has 0 bridgehead atoms. The Labute approximate surface area is 163 Å². The summed E-state index contributed by atoms with van der Waals surface area (Å²) in [6, 6.07) is 18.7. The zero-order valence-corrected chi connectivity index (χ0v) is 15.7. The second kappa shape index (κ2) is 8.03. The van der Waals surface area contributed by atoms with Gasteiger partial charge in [-0.1, -0.05) is 41.9 Å². The molecule has 0 unspecified atom stereocenters. The second-order valence-corrected chi connectivity index (χ2v) is 7.21. The molecule has 4 rings (SSSR count). The van der Waals surface area contributed by atoms with Crippen LogP contribution in [0, 0.1) is 5.82 Å². The molecule has 0 radical (unpaired) electrons. The first-order valence-corrected chi connectivity index (χ1v) is 9.43. The molecule has 1 aliphatic rings. The van der Waals surface area contributed by atoms with Crippen molar-refractivity contribution in [2.45, 2.75) is 13.0 Å². The SMILES string of the molecule is Fc1ccc(C2=CCN(Cc3ccnc(-c4ccc(Cl)cc4)c3)CC2)cc1. The quantitative estimate of drug-likeness (QED) is 0.567. The molecule has 1 aliphatic heterocycles. The van der Waals surface area contributed by atoms with E-state index in [0.29, 0.717) is 0 Å². The van der Waals surface area contributed by atoms with Crippen LogP contribution in [-0.2, 0) is 6.54 Å². The van der Waals surface area contributed by atoms with Gasteiger partial charge >= 0.3 is 0 Å². The molecule has 0 amide bonds. The van der Waals surface area contributed by atoms with Gasteiger partial charge in [-0.05, 0) is 59.5 Å². The molecule has 27 heavy (non-hydrogen) atoms. The molecule has 0 aliphatic carbocycles. The van der Waals surface area contributed by atoms with Crippen LogP contribution in [0.25, 0.3) is 16.8 Å². The summed E-state index contributed by atoms with van der Waals surface area (Å²) in [5, 5.41) is 0.729. The molecule has 4 heteroatoms. The molecule has 136 valence electrons. The van der Waals surface area contributed by atoms with Crippen molar-refractivity contribution in [2.24, 2.45) is 0 Å². The van der Waals surface area contributed by atoms with Crippen molar-refractivity contribution in [3.63, 3.8) is 0 Å². The lowest BCUT2D eigenvalue weighted by Crippen LogP contribution is -2.28. The Balaban J connectivity index is 1.44. The van der Waals surface area contributed by atoms with Crippen LogP contribution in [0.3, 0.4) is 0 Å². The first kappa shape index (κ1) is 17.9. The lowest BCUT2D eigenvalue weighted by Gasteiger charge is -2.26. The van der Waals surface area contributed by atoms with Gasteiger partial charge in [0, 0.05) is 36.4 Å². The minimum atomic E-state index is -0.189. The summed E-state index contributed by atoms with van der Waals surface area (Å²) in [6.45, 7) is 2.77. The maximum Gasteiger partial charge on any atom is 0.123 e. The fraction of sp³-hybridized carbons (Fsp3) is 0.174. The van der Waals surface area contributed by atoms with Crippen LogP contribution in [0.2, 0.25) is 5.02 Å². The molecule has 0 N–H and O–H groups in total. The summed E-state index contributed by atoms with van der Waals surface area (Å²) >= 11 is 5.97. The van der Waals surface area contributed by atoms with E-state index < -0.39 is 0 Å². The van der Waals surface area contributed by atoms with Crippen LogP contribution in [0.1, 0.15) is 17.5 Å². The lowest BCUT2D eigenvalue weighted by atomic mass is 9.99. The molecule has 1 aromatic heterocycles. The monoisotopic (exact) mass is 378 g/mol. The number of hydrogen-bond donors (Lipinski definition) is 0. The van der Waals surface area contributed by atoms with E-state index in [4.69, 9.17) is 11.6 Å². The smallest absolute Gasteiger partial charge is 0.123 e. The van der Waals surface area contributed by atoms with Gasteiger partial charge in [-0.3, -0.25) is 9.88 Å². The maximum absolute atomic E-state index is 13.1. The molecule has 2 aromatic carbocycles. The molecule has 0 atom stereocenters. The molecular weight excluding hydrogens is 359 g/mol. The van der Waals surface area contributed by atoms with Crippen molar-refractivity contribution < 1.29 is 4.39 Å². The molecular formula is C23H20ClFN2. The van der Waals surface area contributed by atoms with Crippen molar-refractivity contribution in [1.82, 2.24) is 9.88 Å². The van der Waals surface area contributed by atoms with Gasteiger partial charge in [0.25, 0.3) is 0 Å². The van der Waals surface area contributed by atoms with Crippen LogP contribution in [0.4, 0.5) is 4.39 Å². The lowest BCUT2D eigenvalue weighted by molar-refractivity contribution is 0.294. The van der Waals surface area contributed by atoms with Crippen LogP contribution in [-0.4, -0.2) is 23.0 Å². The van der Waals surface area contributed by atoms with Crippen LogP contribution in [0.15, 0.2) is 72.9 Å². The van der Waals surface area contributed by atoms with Gasteiger partial charge in [-0.2, -0.15) is 0 Å². The average Bonchev–Trinajstić information content (AvgIpc) is 2.70. The molecule has 3 aromatic rings. The number of hydrogen-bond acceptors (Lipinski definition) is 2. The molecule has 0 fully saturated rings. The summed E-state index contributed by atoms with van der Waals surface area (Å²) in [7, 11) is 0. The van der Waals surface area contributed by atoms with Gasteiger partial charge in [-0.15, -0.1) is 0 Å². The van der Waals surface area contributed by atoms with Gasteiger partial charge in [0.05, 0.1) is 5.69 Å². The second-order valence-electron chi connectivity index (χ2n) is 6.78. The zero-order valence-electron chi connectivity index (χ0n) is 14.9. The number of halogens is 2. The highest BCUT2D eigenvalue weighted by Gasteiger charge is 2.14. The summed E-state index contributed by atoms with van der Waals surface area (Å²) < 4.78 is 13.1. The van der Waals surface area contributed by atoms with E-state index >= 15 is 0 Å². The van der Waals surface area contributed by atoms with Crippen molar-refractivity contribution in [3.05, 3.63) is 94.9 Å². The minimum Gasteiger partial charge on any atom is -0.295 e. The van der Waals surface area contributed by atoms with Gasteiger partial charge in [-0.25, -0.2) is 4.39 Å². The fourth-order valence-electron chi connectivity index (χ4n) is 3.39. The highest BCUT2D eigenvalue weighted by atomic mass is 35.5. The Bertz CT molecular complexity index is 949. The largest absolute Gasteiger partial charge is 0.295 e. The highest BCUT2D eigenvalue weighted by molar-refractivity contribution is 6.30. The van der Waals surface area contributed by atoms with E-state index in [1.165, 1.54) is 23.3 Å². The molecule has 2 nitrogen and oxygen atoms in total. The van der Waals surface area contributed by atoms with Crippen molar-refractivity contribution >= 4 is 17.2 Å². The Kier molecular flexibility index (Phi) is 5.33. The summed E-state index contributed by atoms with van der Waals surface area (Å²) in [6.07, 6.45) is 5.09. The standard InChI is InChI=1S/C23H20ClFN2/c24-21-5-1-20(2-6-21)23-15-17(9-12-26-23)16-27-13-10-19(11-14-27)18-3-7-22(25)8-4-18/h1-10,12,15H,11,13-14,16H2. The van der Waals surface area contributed by atoms with E-state index in [2.05, 4.69) is 28.1 Å². The average molecular weight is 379 g/mol. The Morgan fingerprint density at radius 2 is 1.70 bits per heavy atom. The number of benzene rings is 2. The Hall–Kier alpha value is -2.49. The summed E-state index contributed by atoms with van der Waals surface area (Å²) in [5.41, 5.74) is 5.68. The first-order valence-electron chi connectivity index (χ1n) is 9.05. The van der Waals surface area contributed by atoms with Gasteiger partial charge < -0.3 is 0 Å². The predicted octanol–water partition coefficient (Wildman–Crippen LogP) is 5.83. The normalized spacial score (nSPS) is 14.8. The van der Waals surface area contributed by atoms with E-state index in [1.807, 2.05) is 42.6 Å². The van der Waals surface area contributed by atoms with E-state index in [0.717, 1.165) is 47.9 Å². The Morgan fingerprint density at radius 1 is 0.963 bits per heavy atom. The number of aromatic nitrogens is 1. The third-order valence-corrected chi connectivity index (χ3v) is 5.13. The molecule has 0 saturated carbocycles. The molecule has 2 heterocycles. The van der Waals surface area contributed by atoms with Crippen LogP contribution >= 0.6 is 11.6 Å². The maximum atomic E-state index is 13.1. The minimum absolute atomic E-state index is 0.189. The molecule has 0 spiro atoms. The van der Waals surface area contributed by atoms with Crippen LogP contribution < -0.4 is 0 Å². The summed E-state index contributed by atoms with van der Waals surface area (Å²) in [4.78, 5) is 6.90. The predicted molar refractivity (Wildman–Crippen MR) is 109 cm³/mol. The zero-order chi connectivity index (χ0) is 18.6. The van der Waals surface area contributed by atoms with Gasteiger partial charge in [0.15, 0.2) is 0 Å². The highest BCUT2D eigenvalue weighted by Crippen LogP contribution is 2.25. The topological polar surface area (TPSA) is 16.1 Å². The van der Waals surface area contributed by atoms with Crippen LogP contribution in [0.5, 0.6) is 0 Å². The van der Waals surface area contributed by atoms with Crippen molar-refractivity contribution in [2.75, 3.05) is 13.1 Å². The third kappa shape index (κ3) is 4.44. The van der Waals surface area contributed by atoms with Gasteiger partial charge in [0.2, 0.25) is 0 Å². The number of nitrogens with zero attached hydrogens (tertiary/aromatic N) is 2. The van der Waals surface area contributed by atoms with E-state index in [9.17, 15) is 4.39 Å².